The number of carbonyl (C=O) groups is 2. The summed E-state index contributed by atoms with van der Waals surface area (Å²) in [5, 5.41) is 13.8. The Bertz CT molecular complexity index is 572. The van der Waals surface area contributed by atoms with Crippen molar-refractivity contribution in [2.45, 2.75) is 76.3 Å². The summed E-state index contributed by atoms with van der Waals surface area (Å²) in [5.41, 5.74) is -0.495. The Balaban J connectivity index is 1.46. The summed E-state index contributed by atoms with van der Waals surface area (Å²) in [6.45, 7) is 8.25. The number of fused-ring (bicyclic) bond motifs is 1. The number of unbranched alkanes of at least 4 members (excludes halogenated alkanes) is 1. The van der Waals surface area contributed by atoms with E-state index in [1.165, 1.54) is 0 Å². The lowest BCUT2D eigenvalue weighted by Crippen LogP contribution is -2.40. The third-order valence-corrected chi connectivity index (χ3v) is 7.24. The first kappa shape index (κ1) is 18.7. The second kappa shape index (κ2) is 6.58. The smallest absolute Gasteiger partial charge is 0.330 e. The quantitative estimate of drug-likeness (QED) is 0.430. The highest BCUT2D eigenvalue weighted by atomic mass is 32.2. The van der Waals surface area contributed by atoms with Crippen LogP contribution in [0.1, 0.15) is 53.4 Å². The van der Waals surface area contributed by atoms with Crippen molar-refractivity contribution in [1.29, 1.82) is 0 Å². The number of ketones is 1. The van der Waals surface area contributed by atoms with Gasteiger partial charge in [0.15, 0.2) is 0 Å². The summed E-state index contributed by atoms with van der Waals surface area (Å²) in [6, 6.07) is -0.471. The van der Waals surface area contributed by atoms with Crippen LogP contribution in [0.2, 0.25) is 0 Å². The van der Waals surface area contributed by atoms with E-state index in [1.807, 2.05) is 20.1 Å². The molecule has 0 bridgehead atoms. The Labute approximate surface area is 153 Å². The first-order valence-corrected chi connectivity index (χ1v) is 10.2. The van der Waals surface area contributed by atoms with E-state index in [0.29, 0.717) is 12.2 Å². The van der Waals surface area contributed by atoms with Gasteiger partial charge in [-0.3, -0.25) is 15.0 Å². The van der Waals surface area contributed by atoms with Gasteiger partial charge in [0.2, 0.25) is 0 Å². The maximum absolute atomic E-state index is 12.8. The maximum atomic E-state index is 12.8. The number of hydroxylamine groups is 2. The Morgan fingerprint density at radius 2 is 2.12 bits per heavy atom. The van der Waals surface area contributed by atoms with Crippen LogP contribution in [0.4, 0.5) is 4.79 Å². The van der Waals surface area contributed by atoms with Crippen LogP contribution in [0, 0.1) is 11.3 Å². The fourth-order valence-electron chi connectivity index (χ4n) is 4.74. The summed E-state index contributed by atoms with van der Waals surface area (Å²) in [5.74, 6) is 1.08. The van der Waals surface area contributed by atoms with Crippen LogP contribution in [0.25, 0.3) is 0 Å². The molecule has 2 amide bonds. The summed E-state index contributed by atoms with van der Waals surface area (Å²) in [4.78, 5) is 28.8. The molecule has 6 nitrogen and oxygen atoms in total. The molecular formula is C18H29N3O3S. The van der Waals surface area contributed by atoms with Gasteiger partial charge < -0.3 is 5.32 Å². The van der Waals surface area contributed by atoms with E-state index >= 15 is 0 Å². The predicted molar refractivity (Wildman–Crippen MR) is 99.3 cm³/mol. The van der Waals surface area contributed by atoms with Gasteiger partial charge in [0.1, 0.15) is 5.78 Å². The maximum Gasteiger partial charge on any atom is 0.341 e. The number of nitrogens with one attached hydrogen (secondary N) is 1. The number of amides is 2. The first-order chi connectivity index (χ1) is 11.6. The first-order valence-electron chi connectivity index (χ1n) is 9.13. The van der Waals surface area contributed by atoms with E-state index in [9.17, 15) is 14.8 Å². The molecule has 4 atom stereocenters. The third-order valence-electron chi connectivity index (χ3n) is 5.75. The zero-order valence-electron chi connectivity index (χ0n) is 15.5. The number of rotatable bonds is 6. The van der Waals surface area contributed by atoms with Gasteiger partial charge in [-0.05, 0) is 26.7 Å². The van der Waals surface area contributed by atoms with Crippen LogP contribution in [0.5, 0.6) is 0 Å². The molecule has 3 aliphatic heterocycles. The number of nitrogens with zero attached hydrogens (tertiary/aromatic N) is 2. The van der Waals surface area contributed by atoms with Gasteiger partial charge in [0.05, 0.1) is 23.5 Å². The molecule has 0 aromatic heterocycles. The van der Waals surface area contributed by atoms with E-state index in [-0.39, 0.29) is 40.2 Å². The summed E-state index contributed by atoms with van der Waals surface area (Å²) in [7, 11) is 0. The van der Waals surface area contributed by atoms with E-state index in [0.717, 1.165) is 30.1 Å². The normalized spacial score (nSPS) is 35.1. The van der Waals surface area contributed by atoms with Crippen LogP contribution < -0.4 is 5.32 Å². The fraction of sp³-hybridized carbons (Fsp3) is 0.833. The summed E-state index contributed by atoms with van der Waals surface area (Å²) < 4.78 is 0. The summed E-state index contributed by atoms with van der Waals surface area (Å²) in [6.07, 6.45) is 5.21. The molecule has 0 radical (unpaired) electrons. The van der Waals surface area contributed by atoms with E-state index < -0.39 is 0 Å². The molecule has 3 heterocycles. The Morgan fingerprint density at radius 3 is 2.76 bits per heavy atom. The van der Waals surface area contributed by atoms with E-state index in [1.54, 1.807) is 11.8 Å². The highest BCUT2D eigenvalue weighted by molar-refractivity contribution is 8.00. The van der Waals surface area contributed by atoms with Gasteiger partial charge in [0, 0.05) is 29.1 Å². The molecule has 0 aliphatic carbocycles. The molecule has 0 aromatic rings. The molecule has 2 fully saturated rings. The van der Waals surface area contributed by atoms with Crippen LogP contribution >= 0.6 is 11.8 Å². The van der Waals surface area contributed by atoms with Crippen LogP contribution in [0.3, 0.4) is 0 Å². The standard InChI is InChI=1S/C18H29N3O3S/c1-17(2)10-19-18(3,4)15(17)12(22)7-5-6-8-13-14-11(9-25-13)20-16(23)21(14)24/h10-11,13-15,24H,5-9H2,1-4H3,(H,20,23)/t11-,13-,14-,15?/m0/s1. The lowest BCUT2D eigenvalue weighted by Gasteiger charge is -2.32. The minimum absolute atomic E-state index is 0.0476. The third kappa shape index (κ3) is 3.45. The molecule has 25 heavy (non-hydrogen) atoms. The zero-order valence-corrected chi connectivity index (χ0v) is 16.3. The number of carbonyl (C=O) groups excluding carboxylic acids is 2. The molecule has 2 N–H and O–H groups in total. The van der Waals surface area contributed by atoms with Gasteiger partial charge in [-0.1, -0.05) is 20.3 Å². The Kier molecular flexibility index (Phi) is 4.92. The number of urea groups is 1. The van der Waals surface area contributed by atoms with E-state index in [4.69, 9.17) is 0 Å². The number of thioether (sulfide) groups is 1. The zero-order chi connectivity index (χ0) is 18.4. The minimum atomic E-state index is -0.388. The fourth-order valence-corrected chi connectivity index (χ4v) is 6.31. The van der Waals surface area contributed by atoms with Crippen molar-refractivity contribution in [3.05, 3.63) is 0 Å². The molecule has 0 spiro atoms. The van der Waals surface area contributed by atoms with Gasteiger partial charge in [-0.2, -0.15) is 16.8 Å². The SMILES string of the molecule is CC1(C)C=NC(C)(C)C1C(=O)CCCC[C@@H]1SC[C@@H]2NC(=O)N(O)[C@@H]21. The largest absolute Gasteiger partial charge is 0.341 e. The Hall–Kier alpha value is -1.08. The van der Waals surface area contributed by atoms with Crippen molar-refractivity contribution in [2.24, 2.45) is 16.3 Å². The molecule has 1 unspecified atom stereocenters. The Morgan fingerprint density at radius 1 is 1.40 bits per heavy atom. The number of hydrogen-bond acceptors (Lipinski definition) is 5. The monoisotopic (exact) mass is 367 g/mol. The highest BCUT2D eigenvalue weighted by Gasteiger charge is 2.49. The van der Waals surface area contributed by atoms with Crippen LogP contribution in [0.15, 0.2) is 4.99 Å². The summed E-state index contributed by atoms with van der Waals surface area (Å²) >= 11 is 1.80. The van der Waals surface area contributed by atoms with Crippen LogP contribution in [-0.4, -0.2) is 56.9 Å². The predicted octanol–water partition coefficient (Wildman–Crippen LogP) is 2.89. The topological polar surface area (TPSA) is 82.0 Å². The molecule has 2 saturated heterocycles. The highest BCUT2D eigenvalue weighted by Crippen LogP contribution is 2.43. The van der Waals surface area contributed by atoms with Crippen molar-refractivity contribution in [3.63, 3.8) is 0 Å². The molecule has 3 rings (SSSR count). The van der Waals surface area contributed by atoms with Gasteiger partial charge in [-0.15, -0.1) is 0 Å². The van der Waals surface area contributed by atoms with Crippen molar-refractivity contribution in [2.75, 3.05) is 5.75 Å². The van der Waals surface area contributed by atoms with Crippen molar-refractivity contribution < 1.29 is 14.8 Å². The van der Waals surface area contributed by atoms with E-state index in [2.05, 4.69) is 24.2 Å². The second-order valence-corrected chi connectivity index (χ2v) is 9.91. The van der Waals surface area contributed by atoms with Gasteiger partial charge in [0.25, 0.3) is 0 Å². The van der Waals surface area contributed by atoms with Crippen molar-refractivity contribution in [3.8, 4) is 0 Å². The molecular weight excluding hydrogens is 338 g/mol. The minimum Gasteiger partial charge on any atom is -0.330 e. The van der Waals surface area contributed by atoms with Crippen LogP contribution in [-0.2, 0) is 4.79 Å². The molecule has 0 aromatic carbocycles. The second-order valence-electron chi connectivity index (χ2n) is 8.64. The molecule has 0 saturated carbocycles. The molecule has 140 valence electrons. The molecule has 3 aliphatic rings. The van der Waals surface area contributed by atoms with Crippen molar-refractivity contribution in [1.82, 2.24) is 10.4 Å². The lowest BCUT2D eigenvalue weighted by molar-refractivity contribution is -0.126. The van der Waals surface area contributed by atoms with Gasteiger partial charge >= 0.3 is 6.03 Å². The van der Waals surface area contributed by atoms with Gasteiger partial charge in [-0.25, -0.2) is 4.79 Å². The average molecular weight is 368 g/mol. The number of aliphatic imine (C=N–C) groups is 1. The number of hydrogen-bond donors (Lipinski definition) is 2. The lowest BCUT2D eigenvalue weighted by atomic mass is 9.70. The van der Waals surface area contributed by atoms with Crippen molar-refractivity contribution >= 4 is 29.8 Å². The molecule has 7 heteroatoms. The average Bonchev–Trinajstić information content (AvgIpc) is 3.09. The number of Topliss-reactive ketones (excluding diaryl/α,β-unsaturated/α-hetero) is 1.